The van der Waals surface area contributed by atoms with Crippen molar-refractivity contribution in [3.8, 4) is 17.3 Å². The number of hydrogen-bond acceptors (Lipinski definition) is 3. The molecular weight excluding hydrogens is 312 g/mol. The Morgan fingerprint density at radius 3 is 2.56 bits per heavy atom. The molecule has 0 saturated heterocycles. The van der Waals surface area contributed by atoms with Crippen molar-refractivity contribution in [1.82, 2.24) is 14.1 Å². The largest absolute Gasteiger partial charge is 0.330 e. The maximum atomic E-state index is 12.6. The second kappa shape index (κ2) is 5.89. The molecule has 0 N–H and O–H groups in total. The van der Waals surface area contributed by atoms with E-state index < -0.39 is 0 Å². The van der Waals surface area contributed by atoms with Crippen molar-refractivity contribution in [3.63, 3.8) is 0 Å². The van der Waals surface area contributed by atoms with E-state index in [-0.39, 0.29) is 11.1 Å². The van der Waals surface area contributed by atoms with Crippen LogP contribution in [-0.2, 0) is 13.6 Å². The Bertz CT molecular complexity index is 1060. The second-order valence-corrected chi connectivity index (χ2v) is 7.67. The lowest BCUT2D eigenvalue weighted by Crippen LogP contribution is -2.27. The summed E-state index contributed by atoms with van der Waals surface area (Å²) >= 11 is 0. The molecule has 0 aliphatic heterocycles. The summed E-state index contributed by atoms with van der Waals surface area (Å²) in [7, 11) is 1.75. The van der Waals surface area contributed by atoms with Gasteiger partial charge < -0.3 is 0 Å². The summed E-state index contributed by atoms with van der Waals surface area (Å²) in [5.41, 5.74) is 4.76. The normalized spacial score (nSPS) is 11.7. The van der Waals surface area contributed by atoms with E-state index in [1.807, 2.05) is 31.2 Å². The molecule has 0 fully saturated rings. The lowest BCUT2D eigenvalue weighted by molar-refractivity contribution is 0.342. The van der Waals surface area contributed by atoms with Crippen molar-refractivity contribution in [2.45, 2.75) is 34.2 Å². The van der Waals surface area contributed by atoms with Crippen LogP contribution in [0, 0.1) is 23.7 Å². The summed E-state index contributed by atoms with van der Waals surface area (Å²) in [5, 5.41) is 9.14. The molecule has 3 aromatic rings. The van der Waals surface area contributed by atoms with Gasteiger partial charge in [0.25, 0.3) is 0 Å². The molecule has 5 nitrogen and oxygen atoms in total. The minimum absolute atomic E-state index is 0.00546. The molecule has 0 spiro atoms. The molecule has 0 aliphatic rings. The third-order valence-corrected chi connectivity index (χ3v) is 4.26. The Hall–Kier alpha value is -2.87. The zero-order chi connectivity index (χ0) is 18.4. The molecule has 2 heterocycles. The smallest absolute Gasteiger partial charge is 0.290 e. The van der Waals surface area contributed by atoms with Gasteiger partial charge in [0.2, 0.25) is 0 Å². The van der Waals surface area contributed by atoms with Crippen LogP contribution in [0.15, 0.2) is 35.1 Å². The van der Waals surface area contributed by atoms with E-state index in [2.05, 4.69) is 26.8 Å². The quantitative estimate of drug-likeness (QED) is 0.719. The highest BCUT2D eigenvalue weighted by molar-refractivity contribution is 5.77. The average Bonchev–Trinajstić information content (AvgIpc) is 2.78. The molecule has 3 rings (SSSR count). The molecule has 0 amide bonds. The van der Waals surface area contributed by atoms with Crippen LogP contribution in [0.1, 0.15) is 31.9 Å². The molecule has 0 saturated carbocycles. The number of imidazole rings is 1. The lowest BCUT2D eigenvalue weighted by Gasteiger charge is -2.18. The predicted octanol–water partition coefficient (Wildman–Crippen LogP) is 3.63. The van der Waals surface area contributed by atoms with Gasteiger partial charge in [-0.3, -0.25) is 9.13 Å². The van der Waals surface area contributed by atoms with E-state index in [4.69, 9.17) is 10.2 Å². The second-order valence-electron chi connectivity index (χ2n) is 7.67. The summed E-state index contributed by atoms with van der Waals surface area (Å²) in [6.45, 7) is 8.95. The SMILES string of the molecule is Cc1ccc(C#N)cc1-c1ccc2c(n1)n(C)c(=O)n2CC(C)(C)C. The molecule has 0 aliphatic carbocycles. The van der Waals surface area contributed by atoms with Gasteiger partial charge >= 0.3 is 5.69 Å². The average molecular weight is 334 g/mol. The van der Waals surface area contributed by atoms with E-state index in [0.717, 1.165) is 22.3 Å². The lowest BCUT2D eigenvalue weighted by atomic mass is 9.97. The van der Waals surface area contributed by atoms with E-state index in [1.54, 1.807) is 22.2 Å². The summed E-state index contributed by atoms with van der Waals surface area (Å²) in [4.78, 5) is 17.3. The van der Waals surface area contributed by atoms with Gasteiger partial charge in [0.1, 0.15) is 0 Å². The number of rotatable bonds is 2. The first-order valence-corrected chi connectivity index (χ1v) is 8.29. The van der Waals surface area contributed by atoms with E-state index in [0.29, 0.717) is 17.8 Å². The van der Waals surface area contributed by atoms with Crippen molar-refractivity contribution in [2.24, 2.45) is 12.5 Å². The number of nitrogens with zero attached hydrogens (tertiary/aromatic N) is 4. The molecular formula is C20H22N4O. The number of aryl methyl sites for hydroxylation is 2. The zero-order valence-corrected chi connectivity index (χ0v) is 15.3. The highest BCUT2D eigenvalue weighted by Gasteiger charge is 2.19. The third kappa shape index (κ3) is 3.08. The minimum Gasteiger partial charge on any atom is -0.290 e. The first-order valence-electron chi connectivity index (χ1n) is 8.29. The first kappa shape index (κ1) is 17.0. The van der Waals surface area contributed by atoms with E-state index in [1.165, 1.54) is 0 Å². The maximum absolute atomic E-state index is 12.6. The topological polar surface area (TPSA) is 63.6 Å². The Balaban J connectivity index is 2.22. The van der Waals surface area contributed by atoms with Crippen LogP contribution in [0.2, 0.25) is 0 Å². The van der Waals surface area contributed by atoms with Crippen molar-refractivity contribution < 1.29 is 0 Å². The highest BCUT2D eigenvalue weighted by Crippen LogP contribution is 2.26. The molecule has 0 bridgehead atoms. The number of fused-ring (bicyclic) bond motifs is 1. The standard InChI is InChI=1S/C20H22N4O/c1-13-6-7-14(11-21)10-15(13)16-8-9-17-18(22-16)23(5)19(25)24(17)12-20(2,3)4/h6-10H,12H2,1-5H3. The van der Waals surface area contributed by atoms with Gasteiger partial charge in [-0.25, -0.2) is 9.78 Å². The van der Waals surface area contributed by atoms with Gasteiger partial charge in [-0.05, 0) is 42.2 Å². The molecule has 0 atom stereocenters. The zero-order valence-electron chi connectivity index (χ0n) is 15.3. The summed E-state index contributed by atoms with van der Waals surface area (Å²) in [6.07, 6.45) is 0. The van der Waals surface area contributed by atoms with Gasteiger partial charge in [-0.2, -0.15) is 5.26 Å². The monoisotopic (exact) mass is 334 g/mol. The molecule has 1 aromatic carbocycles. The maximum Gasteiger partial charge on any atom is 0.330 e. The molecule has 5 heteroatoms. The molecule has 128 valence electrons. The fourth-order valence-corrected chi connectivity index (χ4v) is 3.02. The Kier molecular flexibility index (Phi) is 4.00. The third-order valence-electron chi connectivity index (χ3n) is 4.26. The van der Waals surface area contributed by atoms with Gasteiger partial charge in [-0.1, -0.05) is 26.8 Å². The molecule has 0 unspecified atom stereocenters. The van der Waals surface area contributed by atoms with Crippen LogP contribution in [0.3, 0.4) is 0 Å². The fourth-order valence-electron chi connectivity index (χ4n) is 3.02. The van der Waals surface area contributed by atoms with Crippen molar-refractivity contribution in [2.75, 3.05) is 0 Å². The fraction of sp³-hybridized carbons (Fsp3) is 0.350. The van der Waals surface area contributed by atoms with E-state index >= 15 is 0 Å². The Morgan fingerprint density at radius 2 is 1.92 bits per heavy atom. The van der Waals surface area contributed by atoms with Crippen molar-refractivity contribution in [1.29, 1.82) is 5.26 Å². The van der Waals surface area contributed by atoms with Gasteiger partial charge in [0.15, 0.2) is 5.65 Å². The van der Waals surface area contributed by atoms with Crippen LogP contribution in [-0.4, -0.2) is 14.1 Å². The summed E-state index contributed by atoms with van der Waals surface area (Å²) in [6, 6.07) is 11.6. The summed E-state index contributed by atoms with van der Waals surface area (Å²) in [5.74, 6) is 0. The number of aromatic nitrogens is 3. The van der Waals surface area contributed by atoms with Gasteiger partial charge in [-0.15, -0.1) is 0 Å². The van der Waals surface area contributed by atoms with Crippen LogP contribution < -0.4 is 5.69 Å². The van der Waals surface area contributed by atoms with Crippen LogP contribution in [0.5, 0.6) is 0 Å². The van der Waals surface area contributed by atoms with Gasteiger partial charge in [0.05, 0.1) is 22.8 Å². The molecule has 0 radical (unpaired) electrons. The molecule has 2 aromatic heterocycles. The summed E-state index contributed by atoms with van der Waals surface area (Å²) < 4.78 is 3.37. The molecule has 25 heavy (non-hydrogen) atoms. The van der Waals surface area contributed by atoms with Crippen LogP contribution in [0.4, 0.5) is 0 Å². The Labute approximate surface area is 147 Å². The van der Waals surface area contributed by atoms with Crippen LogP contribution in [0.25, 0.3) is 22.4 Å². The number of pyridine rings is 1. The van der Waals surface area contributed by atoms with Crippen LogP contribution >= 0.6 is 0 Å². The first-order chi connectivity index (χ1) is 11.7. The minimum atomic E-state index is -0.0583. The van der Waals surface area contributed by atoms with Gasteiger partial charge in [0, 0.05) is 19.2 Å². The predicted molar refractivity (Wildman–Crippen MR) is 99.3 cm³/mol. The number of benzene rings is 1. The van der Waals surface area contributed by atoms with Crippen molar-refractivity contribution >= 4 is 11.2 Å². The number of nitriles is 1. The van der Waals surface area contributed by atoms with E-state index in [9.17, 15) is 4.79 Å². The highest BCUT2D eigenvalue weighted by atomic mass is 16.1. The van der Waals surface area contributed by atoms with Crippen molar-refractivity contribution in [3.05, 3.63) is 51.9 Å². The Morgan fingerprint density at radius 1 is 1.20 bits per heavy atom. The number of hydrogen-bond donors (Lipinski definition) is 0.